The summed E-state index contributed by atoms with van der Waals surface area (Å²) in [6.07, 6.45) is 4.94. The summed E-state index contributed by atoms with van der Waals surface area (Å²) in [7, 11) is 0. The molecule has 0 atom stereocenters. The molecule has 25 heavy (non-hydrogen) atoms. The van der Waals surface area contributed by atoms with Crippen molar-refractivity contribution in [3.63, 3.8) is 0 Å². The van der Waals surface area contributed by atoms with Crippen molar-refractivity contribution >= 4 is 11.6 Å². The Hall–Kier alpha value is -2.47. The van der Waals surface area contributed by atoms with Crippen LogP contribution in [0.3, 0.4) is 0 Å². The molecule has 0 spiro atoms. The van der Waals surface area contributed by atoms with E-state index in [9.17, 15) is 4.79 Å². The average Bonchev–Trinajstić information content (AvgIpc) is 2.58. The first-order valence-electron chi connectivity index (χ1n) is 8.70. The summed E-state index contributed by atoms with van der Waals surface area (Å²) < 4.78 is 5.91. The van der Waals surface area contributed by atoms with E-state index in [1.54, 1.807) is 6.20 Å². The predicted octanol–water partition coefficient (Wildman–Crippen LogP) is 3.24. The molecule has 1 aliphatic carbocycles. The fourth-order valence-electron chi connectivity index (χ4n) is 2.55. The molecule has 1 aliphatic rings. The van der Waals surface area contributed by atoms with Crippen molar-refractivity contribution in [2.45, 2.75) is 51.7 Å². The highest BCUT2D eigenvalue weighted by atomic mass is 16.5. The Morgan fingerprint density at radius 1 is 1.40 bits per heavy atom. The van der Waals surface area contributed by atoms with Crippen LogP contribution in [-0.4, -0.2) is 22.0 Å². The van der Waals surface area contributed by atoms with E-state index in [1.165, 1.54) is 0 Å². The fourth-order valence-corrected chi connectivity index (χ4v) is 2.55. The maximum Gasteiger partial charge on any atom is 0.278 e. The molecule has 6 nitrogen and oxygen atoms in total. The van der Waals surface area contributed by atoms with Gasteiger partial charge in [0.15, 0.2) is 11.4 Å². The molecular weight excluding hydrogens is 316 g/mol. The number of benzene rings is 1. The zero-order chi connectivity index (χ0) is 17.8. The van der Waals surface area contributed by atoms with Crippen LogP contribution in [0.2, 0.25) is 0 Å². The highest BCUT2D eigenvalue weighted by Crippen LogP contribution is 2.27. The number of ether oxygens (including phenoxy) is 1. The zero-order valence-electron chi connectivity index (χ0n) is 14.7. The lowest BCUT2D eigenvalue weighted by atomic mass is 9.96. The number of nitrogens with zero attached hydrogens (tertiary/aromatic N) is 2. The van der Waals surface area contributed by atoms with Gasteiger partial charge in [-0.05, 0) is 37.0 Å². The molecule has 1 amide bonds. The van der Waals surface area contributed by atoms with Crippen LogP contribution in [0.1, 0.15) is 60.9 Å². The molecule has 0 unspecified atom stereocenters. The maximum atomic E-state index is 12.8. The SMILES string of the molecule is CC(C)c1ncc(OC2CCC2)c(C(=O)Nc2cccc(CN)c2)n1. The van der Waals surface area contributed by atoms with Crippen LogP contribution < -0.4 is 15.8 Å². The van der Waals surface area contributed by atoms with Crippen molar-refractivity contribution in [2.24, 2.45) is 5.73 Å². The van der Waals surface area contributed by atoms with E-state index in [-0.39, 0.29) is 23.6 Å². The third kappa shape index (κ3) is 4.14. The van der Waals surface area contributed by atoms with E-state index in [0.29, 0.717) is 23.8 Å². The van der Waals surface area contributed by atoms with Crippen molar-refractivity contribution in [3.8, 4) is 5.75 Å². The Kier molecular flexibility index (Phi) is 5.28. The van der Waals surface area contributed by atoms with Gasteiger partial charge in [-0.1, -0.05) is 26.0 Å². The molecule has 3 rings (SSSR count). The topological polar surface area (TPSA) is 90.1 Å². The Morgan fingerprint density at radius 2 is 2.20 bits per heavy atom. The minimum absolute atomic E-state index is 0.130. The fraction of sp³-hybridized carbons (Fsp3) is 0.421. The van der Waals surface area contributed by atoms with E-state index >= 15 is 0 Å². The molecule has 132 valence electrons. The van der Waals surface area contributed by atoms with Gasteiger partial charge < -0.3 is 15.8 Å². The Morgan fingerprint density at radius 3 is 2.84 bits per heavy atom. The van der Waals surface area contributed by atoms with Crippen molar-refractivity contribution in [3.05, 3.63) is 47.5 Å². The normalized spacial score (nSPS) is 14.2. The third-order valence-electron chi connectivity index (χ3n) is 4.27. The minimum Gasteiger partial charge on any atom is -0.486 e. The Bertz CT molecular complexity index is 757. The minimum atomic E-state index is -0.298. The number of rotatable bonds is 6. The van der Waals surface area contributed by atoms with E-state index in [1.807, 2.05) is 38.1 Å². The standard InChI is InChI=1S/C19H24N4O2/c1-12(2)18-21-11-16(25-15-7-4-8-15)17(23-18)19(24)22-14-6-3-5-13(9-14)10-20/h3,5-6,9,11-12,15H,4,7-8,10,20H2,1-2H3,(H,22,24). The molecule has 0 aliphatic heterocycles. The summed E-state index contributed by atoms with van der Waals surface area (Å²) in [4.78, 5) is 21.6. The lowest BCUT2D eigenvalue weighted by Gasteiger charge is -2.27. The average molecular weight is 340 g/mol. The number of hydrogen-bond acceptors (Lipinski definition) is 5. The number of amides is 1. The van der Waals surface area contributed by atoms with Gasteiger partial charge in [0.25, 0.3) is 5.91 Å². The number of anilines is 1. The van der Waals surface area contributed by atoms with Gasteiger partial charge in [-0.2, -0.15) is 0 Å². The summed E-state index contributed by atoms with van der Waals surface area (Å²) in [5.41, 5.74) is 7.58. The first-order chi connectivity index (χ1) is 12.1. The molecule has 3 N–H and O–H groups in total. The highest BCUT2D eigenvalue weighted by Gasteiger charge is 2.24. The summed E-state index contributed by atoms with van der Waals surface area (Å²) in [5.74, 6) is 0.904. The monoisotopic (exact) mass is 340 g/mol. The van der Waals surface area contributed by atoms with Gasteiger partial charge in [0.1, 0.15) is 5.82 Å². The van der Waals surface area contributed by atoms with Crippen LogP contribution in [0.15, 0.2) is 30.5 Å². The lowest BCUT2D eigenvalue weighted by Crippen LogP contribution is -2.27. The summed E-state index contributed by atoms with van der Waals surface area (Å²) >= 11 is 0. The first-order valence-corrected chi connectivity index (χ1v) is 8.70. The second kappa shape index (κ2) is 7.61. The number of aromatic nitrogens is 2. The number of hydrogen-bond donors (Lipinski definition) is 2. The molecular formula is C19H24N4O2. The van der Waals surface area contributed by atoms with E-state index < -0.39 is 0 Å². The quantitative estimate of drug-likeness (QED) is 0.842. The van der Waals surface area contributed by atoms with Crippen LogP contribution in [0, 0.1) is 0 Å². The maximum absolute atomic E-state index is 12.8. The summed E-state index contributed by atoms with van der Waals surface area (Å²) in [5, 5.41) is 2.88. The second-order valence-corrected chi connectivity index (χ2v) is 6.63. The first kappa shape index (κ1) is 17.4. The van der Waals surface area contributed by atoms with Gasteiger partial charge in [0.2, 0.25) is 0 Å². The van der Waals surface area contributed by atoms with Gasteiger partial charge in [0.05, 0.1) is 12.3 Å². The molecule has 1 aromatic carbocycles. The number of carbonyl (C=O) groups is 1. The lowest BCUT2D eigenvalue weighted by molar-refractivity contribution is 0.0982. The molecule has 1 aromatic heterocycles. The van der Waals surface area contributed by atoms with Gasteiger partial charge in [0, 0.05) is 18.2 Å². The molecule has 6 heteroatoms. The highest BCUT2D eigenvalue weighted by molar-refractivity contribution is 6.04. The molecule has 0 radical (unpaired) electrons. The molecule has 2 aromatic rings. The van der Waals surface area contributed by atoms with Gasteiger partial charge in [-0.3, -0.25) is 4.79 Å². The van der Waals surface area contributed by atoms with E-state index in [4.69, 9.17) is 10.5 Å². The van der Waals surface area contributed by atoms with Gasteiger partial charge >= 0.3 is 0 Å². The number of nitrogens with one attached hydrogen (secondary N) is 1. The van der Waals surface area contributed by atoms with E-state index in [2.05, 4.69) is 15.3 Å². The number of nitrogens with two attached hydrogens (primary N) is 1. The van der Waals surface area contributed by atoms with Crippen LogP contribution in [-0.2, 0) is 6.54 Å². The van der Waals surface area contributed by atoms with Gasteiger partial charge in [-0.25, -0.2) is 9.97 Å². The van der Waals surface area contributed by atoms with Crippen LogP contribution >= 0.6 is 0 Å². The third-order valence-corrected chi connectivity index (χ3v) is 4.27. The van der Waals surface area contributed by atoms with Crippen molar-refractivity contribution < 1.29 is 9.53 Å². The Labute approximate surface area is 147 Å². The van der Waals surface area contributed by atoms with Crippen LogP contribution in [0.5, 0.6) is 5.75 Å². The van der Waals surface area contributed by atoms with Crippen molar-refractivity contribution in [1.29, 1.82) is 0 Å². The Balaban J connectivity index is 1.86. The van der Waals surface area contributed by atoms with Crippen molar-refractivity contribution in [2.75, 3.05) is 5.32 Å². The molecule has 1 heterocycles. The number of carbonyl (C=O) groups excluding carboxylic acids is 1. The van der Waals surface area contributed by atoms with Gasteiger partial charge in [-0.15, -0.1) is 0 Å². The van der Waals surface area contributed by atoms with Crippen molar-refractivity contribution in [1.82, 2.24) is 9.97 Å². The summed E-state index contributed by atoms with van der Waals surface area (Å²) in [6.45, 7) is 4.41. The smallest absolute Gasteiger partial charge is 0.278 e. The molecule has 1 saturated carbocycles. The molecule has 0 saturated heterocycles. The second-order valence-electron chi connectivity index (χ2n) is 6.63. The molecule has 0 bridgehead atoms. The predicted molar refractivity (Wildman–Crippen MR) is 96.7 cm³/mol. The van der Waals surface area contributed by atoms with Crippen LogP contribution in [0.25, 0.3) is 0 Å². The van der Waals surface area contributed by atoms with Crippen LogP contribution in [0.4, 0.5) is 5.69 Å². The molecule has 1 fully saturated rings. The summed E-state index contributed by atoms with van der Waals surface area (Å²) in [6, 6.07) is 7.47. The van der Waals surface area contributed by atoms with E-state index in [0.717, 1.165) is 24.8 Å². The zero-order valence-corrected chi connectivity index (χ0v) is 14.7. The largest absolute Gasteiger partial charge is 0.486 e.